The van der Waals surface area contributed by atoms with E-state index in [-0.39, 0.29) is 18.2 Å². The summed E-state index contributed by atoms with van der Waals surface area (Å²) >= 11 is 4.35. The highest BCUT2D eigenvalue weighted by Crippen LogP contribution is 2.21. The molecule has 0 unspecified atom stereocenters. The minimum atomic E-state index is 0. The Hall–Kier alpha value is 0.440. The molecule has 0 atom stereocenters. The SMILES string of the molecule is CC(C)=C(C)C.CC(C)C(C)(C)S.S. The van der Waals surface area contributed by atoms with Crippen LogP contribution in [0.3, 0.4) is 0 Å². The van der Waals surface area contributed by atoms with Crippen LogP contribution >= 0.6 is 26.1 Å². The molecule has 0 amide bonds. The average Bonchev–Trinajstić information content (AvgIpc) is 1.86. The van der Waals surface area contributed by atoms with Gasteiger partial charge in [0.15, 0.2) is 0 Å². The molecule has 0 fully saturated rings. The lowest BCUT2D eigenvalue weighted by atomic mass is 10.00. The van der Waals surface area contributed by atoms with E-state index in [1.165, 1.54) is 11.1 Å². The van der Waals surface area contributed by atoms with Gasteiger partial charge in [-0.1, -0.05) is 38.8 Å². The maximum Gasteiger partial charge on any atom is 0.00960 e. The van der Waals surface area contributed by atoms with Crippen molar-refractivity contribution in [2.24, 2.45) is 5.92 Å². The van der Waals surface area contributed by atoms with Gasteiger partial charge in [0.05, 0.1) is 0 Å². The van der Waals surface area contributed by atoms with Crippen LogP contribution in [0.2, 0.25) is 0 Å². The molecule has 14 heavy (non-hydrogen) atoms. The minimum absolute atomic E-state index is 0. The molecule has 88 valence electrons. The van der Waals surface area contributed by atoms with Gasteiger partial charge in [0.2, 0.25) is 0 Å². The Morgan fingerprint density at radius 1 is 0.929 bits per heavy atom. The Morgan fingerprint density at radius 2 is 1.07 bits per heavy atom. The zero-order chi connectivity index (χ0) is 11.2. The lowest BCUT2D eigenvalue weighted by molar-refractivity contribution is 0.508. The Bertz CT molecular complexity index is 144. The van der Waals surface area contributed by atoms with E-state index in [0.29, 0.717) is 5.92 Å². The average molecular weight is 236 g/mol. The molecule has 0 N–H and O–H groups in total. The van der Waals surface area contributed by atoms with Gasteiger partial charge in [-0.2, -0.15) is 26.1 Å². The van der Waals surface area contributed by atoms with Gasteiger partial charge in [0.1, 0.15) is 0 Å². The molecule has 0 aliphatic carbocycles. The van der Waals surface area contributed by atoms with Crippen molar-refractivity contribution in [1.29, 1.82) is 0 Å². The normalized spacial score (nSPS) is 9.86. The molecule has 0 saturated heterocycles. The van der Waals surface area contributed by atoms with Gasteiger partial charge in [-0.3, -0.25) is 0 Å². The first kappa shape index (κ1) is 19.9. The molecule has 0 aromatic carbocycles. The van der Waals surface area contributed by atoms with E-state index in [9.17, 15) is 0 Å². The summed E-state index contributed by atoms with van der Waals surface area (Å²) in [6.45, 7) is 17.1. The molecule has 0 spiro atoms. The third kappa shape index (κ3) is 14.9. The summed E-state index contributed by atoms with van der Waals surface area (Å²) in [5.74, 6) is 0.663. The zero-order valence-electron chi connectivity index (χ0n) is 11.0. The highest BCUT2D eigenvalue weighted by molar-refractivity contribution is 7.81. The molecule has 2 heteroatoms. The largest absolute Gasteiger partial charge is 0.197 e. The van der Waals surface area contributed by atoms with Crippen LogP contribution in [0.1, 0.15) is 55.4 Å². The standard InChI is InChI=1S/C6H14S.C6H12.H2S/c1-5(2)6(3,4)7;1-5(2)6(3)4;/h5,7H,1-4H3;1-4H3;1H2. The van der Waals surface area contributed by atoms with Crippen LogP contribution in [0.4, 0.5) is 0 Å². The molecule has 0 aliphatic heterocycles. The van der Waals surface area contributed by atoms with Crippen LogP contribution in [-0.4, -0.2) is 4.75 Å². The van der Waals surface area contributed by atoms with Crippen LogP contribution in [0.25, 0.3) is 0 Å². The quantitative estimate of drug-likeness (QED) is 0.489. The lowest BCUT2D eigenvalue weighted by Gasteiger charge is -2.21. The van der Waals surface area contributed by atoms with Crippen molar-refractivity contribution in [1.82, 2.24) is 0 Å². The van der Waals surface area contributed by atoms with Gasteiger partial charge in [-0.25, -0.2) is 0 Å². The van der Waals surface area contributed by atoms with Crippen LogP contribution in [0.15, 0.2) is 11.1 Å². The molecule has 0 aromatic heterocycles. The second kappa shape index (κ2) is 8.72. The lowest BCUT2D eigenvalue weighted by Crippen LogP contribution is -2.18. The van der Waals surface area contributed by atoms with E-state index in [1.54, 1.807) is 0 Å². The fraction of sp³-hybridized carbons (Fsp3) is 0.833. The summed E-state index contributed by atoms with van der Waals surface area (Å²) in [4.78, 5) is 0. The Labute approximate surface area is 103 Å². The topological polar surface area (TPSA) is 0 Å². The first-order valence-electron chi connectivity index (χ1n) is 4.92. The summed E-state index contributed by atoms with van der Waals surface area (Å²) in [5.41, 5.74) is 2.85. The summed E-state index contributed by atoms with van der Waals surface area (Å²) in [6, 6.07) is 0. The number of rotatable bonds is 1. The molecule has 0 rings (SSSR count). The van der Waals surface area contributed by atoms with Gasteiger partial charge in [-0.05, 0) is 33.6 Å². The second-order valence-electron chi connectivity index (χ2n) is 4.81. The Morgan fingerprint density at radius 3 is 1.07 bits per heavy atom. The minimum Gasteiger partial charge on any atom is -0.197 e. The number of allylic oxidation sites excluding steroid dienone is 2. The van der Waals surface area contributed by atoms with E-state index in [4.69, 9.17) is 0 Å². The molecule has 0 nitrogen and oxygen atoms in total. The van der Waals surface area contributed by atoms with Crippen LogP contribution in [0, 0.1) is 5.92 Å². The molecule has 0 bridgehead atoms. The monoisotopic (exact) mass is 236 g/mol. The fourth-order valence-electron chi connectivity index (χ4n) is 0. The summed E-state index contributed by atoms with van der Waals surface area (Å²) in [5, 5.41) is 0. The van der Waals surface area contributed by atoms with Gasteiger partial charge in [0, 0.05) is 4.75 Å². The molecule has 0 saturated carbocycles. The molecular weight excluding hydrogens is 208 g/mol. The van der Waals surface area contributed by atoms with E-state index < -0.39 is 0 Å². The summed E-state index contributed by atoms with van der Waals surface area (Å²) < 4.78 is 0.194. The van der Waals surface area contributed by atoms with Crippen LogP contribution in [0.5, 0.6) is 0 Å². The smallest absolute Gasteiger partial charge is 0.00960 e. The molecular formula is C12H28S2. The van der Waals surface area contributed by atoms with Crippen molar-refractivity contribution in [3.8, 4) is 0 Å². The zero-order valence-corrected chi connectivity index (χ0v) is 12.9. The summed E-state index contributed by atoms with van der Waals surface area (Å²) in [6.07, 6.45) is 0. The van der Waals surface area contributed by atoms with E-state index >= 15 is 0 Å². The Kier molecular flexibility index (Phi) is 12.4. The van der Waals surface area contributed by atoms with Crippen LogP contribution < -0.4 is 0 Å². The molecule has 0 aliphatic rings. The van der Waals surface area contributed by atoms with Crippen LogP contribution in [-0.2, 0) is 0 Å². The van der Waals surface area contributed by atoms with E-state index in [2.05, 4.69) is 68.0 Å². The maximum absolute atomic E-state index is 4.35. The first-order valence-corrected chi connectivity index (χ1v) is 5.36. The van der Waals surface area contributed by atoms with E-state index in [1.807, 2.05) is 0 Å². The van der Waals surface area contributed by atoms with Gasteiger partial charge < -0.3 is 0 Å². The number of thiol groups is 1. The fourth-order valence-corrected chi connectivity index (χ4v) is 0. The number of hydrogen-bond acceptors (Lipinski definition) is 1. The van der Waals surface area contributed by atoms with Gasteiger partial charge >= 0.3 is 0 Å². The van der Waals surface area contributed by atoms with Crippen molar-refractivity contribution in [2.45, 2.75) is 60.1 Å². The molecule has 0 radical (unpaired) electrons. The molecule has 0 aromatic rings. The third-order valence-electron chi connectivity index (χ3n) is 2.41. The highest BCUT2D eigenvalue weighted by atomic mass is 32.1. The molecule has 0 heterocycles. The first-order chi connectivity index (χ1) is 5.59. The van der Waals surface area contributed by atoms with Gasteiger partial charge in [0.25, 0.3) is 0 Å². The van der Waals surface area contributed by atoms with Gasteiger partial charge in [-0.15, -0.1) is 0 Å². The maximum atomic E-state index is 4.35. The second-order valence-corrected chi connectivity index (χ2v) is 5.96. The predicted molar refractivity (Wildman–Crippen MR) is 78.0 cm³/mol. The van der Waals surface area contributed by atoms with E-state index in [0.717, 1.165) is 0 Å². The predicted octanol–water partition coefficient (Wildman–Crippen LogP) is 4.83. The Balaban J connectivity index is -0.000000163. The van der Waals surface area contributed by atoms with Crippen molar-refractivity contribution in [3.05, 3.63) is 11.1 Å². The van der Waals surface area contributed by atoms with Crippen molar-refractivity contribution < 1.29 is 0 Å². The highest BCUT2D eigenvalue weighted by Gasteiger charge is 2.15. The van der Waals surface area contributed by atoms with Crippen molar-refractivity contribution in [3.63, 3.8) is 0 Å². The summed E-state index contributed by atoms with van der Waals surface area (Å²) in [7, 11) is 0. The van der Waals surface area contributed by atoms with Crippen molar-refractivity contribution >= 4 is 26.1 Å². The number of hydrogen-bond donors (Lipinski definition) is 1. The third-order valence-corrected chi connectivity index (χ3v) is 2.93. The van der Waals surface area contributed by atoms with Crippen molar-refractivity contribution in [2.75, 3.05) is 0 Å².